The number of nitro groups is 1. The van der Waals surface area contributed by atoms with Gasteiger partial charge in [0.1, 0.15) is 6.04 Å². The van der Waals surface area contributed by atoms with E-state index < -0.39 is 16.9 Å². The largest absolute Gasteiger partial charge is 0.480 e. The minimum atomic E-state index is -1.06. The van der Waals surface area contributed by atoms with E-state index in [1.54, 1.807) is 12.1 Å². The summed E-state index contributed by atoms with van der Waals surface area (Å²) in [6.45, 7) is 0. The normalized spacial score (nSPS) is 12.1. The lowest BCUT2D eigenvalue weighted by molar-refractivity contribution is -0.384. The Morgan fingerprint density at radius 2 is 2.25 bits per heavy atom. The summed E-state index contributed by atoms with van der Waals surface area (Å²) in [5, 5.41) is 19.1. The summed E-state index contributed by atoms with van der Waals surface area (Å²) in [5.74, 6) is -1.06. The molecule has 3 N–H and O–H groups in total. The van der Waals surface area contributed by atoms with Crippen molar-refractivity contribution in [2.75, 3.05) is 0 Å². The average molecular weight is 224 g/mol. The Hall–Kier alpha value is -1.95. The zero-order valence-electron chi connectivity index (χ0n) is 8.50. The van der Waals surface area contributed by atoms with Gasteiger partial charge in [0.25, 0.3) is 5.69 Å². The number of benzene rings is 1. The molecule has 1 aromatic carbocycles. The third kappa shape index (κ3) is 3.32. The minimum absolute atomic E-state index is 0.00129. The first-order valence-corrected chi connectivity index (χ1v) is 4.72. The van der Waals surface area contributed by atoms with Crippen molar-refractivity contribution in [1.82, 2.24) is 0 Å². The molecule has 0 bridgehead atoms. The fraction of sp³-hybridized carbons (Fsp3) is 0.300. The molecule has 86 valence electrons. The zero-order valence-corrected chi connectivity index (χ0v) is 8.50. The van der Waals surface area contributed by atoms with Gasteiger partial charge in [-0.05, 0) is 18.4 Å². The molecule has 0 fully saturated rings. The smallest absolute Gasteiger partial charge is 0.320 e. The molecule has 0 saturated carbocycles. The Bertz CT molecular complexity index is 406. The SMILES string of the molecule is N[C@H](CCc1cccc([N+](=O)[O-])c1)C(=O)O. The molecular weight excluding hydrogens is 212 g/mol. The second-order valence-electron chi connectivity index (χ2n) is 3.41. The number of hydrogen-bond donors (Lipinski definition) is 2. The summed E-state index contributed by atoms with van der Waals surface area (Å²) in [6, 6.07) is 5.16. The molecule has 0 aromatic heterocycles. The summed E-state index contributed by atoms with van der Waals surface area (Å²) < 4.78 is 0. The van der Waals surface area contributed by atoms with Gasteiger partial charge in [0, 0.05) is 12.1 Å². The van der Waals surface area contributed by atoms with E-state index in [2.05, 4.69) is 0 Å². The van der Waals surface area contributed by atoms with Crippen LogP contribution >= 0.6 is 0 Å². The van der Waals surface area contributed by atoms with Crippen molar-refractivity contribution in [2.24, 2.45) is 5.73 Å². The van der Waals surface area contributed by atoms with Gasteiger partial charge < -0.3 is 10.8 Å². The predicted octanol–water partition coefficient (Wildman–Crippen LogP) is 0.939. The van der Waals surface area contributed by atoms with Crippen molar-refractivity contribution < 1.29 is 14.8 Å². The number of nitro benzene ring substituents is 1. The second-order valence-corrected chi connectivity index (χ2v) is 3.41. The van der Waals surface area contributed by atoms with Crippen LogP contribution in [-0.4, -0.2) is 22.0 Å². The van der Waals surface area contributed by atoms with Crippen LogP contribution in [0.1, 0.15) is 12.0 Å². The van der Waals surface area contributed by atoms with Gasteiger partial charge in [-0.15, -0.1) is 0 Å². The van der Waals surface area contributed by atoms with Crippen molar-refractivity contribution in [2.45, 2.75) is 18.9 Å². The van der Waals surface area contributed by atoms with Crippen LogP contribution < -0.4 is 5.73 Å². The Labute approximate surface area is 91.8 Å². The Balaban J connectivity index is 2.64. The molecule has 16 heavy (non-hydrogen) atoms. The number of non-ortho nitro benzene ring substituents is 1. The summed E-state index contributed by atoms with van der Waals surface area (Å²) in [7, 11) is 0. The van der Waals surface area contributed by atoms with Crippen LogP contribution in [0.2, 0.25) is 0 Å². The molecule has 0 aliphatic heterocycles. The Kier molecular flexibility index (Phi) is 3.96. The van der Waals surface area contributed by atoms with Gasteiger partial charge in [-0.2, -0.15) is 0 Å². The number of carbonyl (C=O) groups is 1. The highest BCUT2D eigenvalue weighted by Gasteiger charge is 2.12. The highest BCUT2D eigenvalue weighted by molar-refractivity contribution is 5.73. The number of aryl methyl sites for hydroxylation is 1. The molecular formula is C10H12N2O4. The monoisotopic (exact) mass is 224 g/mol. The number of carboxylic acid groups (broad SMARTS) is 1. The molecule has 0 amide bonds. The maximum atomic E-state index is 10.5. The van der Waals surface area contributed by atoms with E-state index in [1.165, 1.54) is 12.1 Å². The maximum absolute atomic E-state index is 10.5. The summed E-state index contributed by atoms with van der Waals surface area (Å²) in [6.07, 6.45) is 0.672. The van der Waals surface area contributed by atoms with Crippen LogP contribution in [0.3, 0.4) is 0 Å². The average Bonchev–Trinajstić information content (AvgIpc) is 2.26. The summed E-state index contributed by atoms with van der Waals surface area (Å²) in [4.78, 5) is 20.5. The second kappa shape index (κ2) is 5.22. The highest BCUT2D eigenvalue weighted by Crippen LogP contribution is 2.14. The lowest BCUT2D eigenvalue weighted by Crippen LogP contribution is -2.30. The molecule has 0 aliphatic rings. The van der Waals surface area contributed by atoms with Gasteiger partial charge in [0.2, 0.25) is 0 Å². The van der Waals surface area contributed by atoms with E-state index in [0.29, 0.717) is 12.0 Å². The zero-order chi connectivity index (χ0) is 12.1. The number of nitrogens with zero attached hydrogens (tertiary/aromatic N) is 1. The van der Waals surface area contributed by atoms with Gasteiger partial charge in [0.05, 0.1) is 4.92 Å². The molecule has 6 heteroatoms. The molecule has 0 saturated heterocycles. The summed E-state index contributed by atoms with van der Waals surface area (Å²) >= 11 is 0. The van der Waals surface area contributed by atoms with E-state index in [1.807, 2.05) is 0 Å². The molecule has 1 aromatic rings. The molecule has 0 aliphatic carbocycles. The van der Waals surface area contributed by atoms with Crippen molar-refractivity contribution in [1.29, 1.82) is 0 Å². The third-order valence-electron chi connectivity index (χ3n) is 2.18. The van der Waals surface area contributed by atoms with Gasteiger partial charge in [-0.3, -0.25) is 14.9 Å². The number of nitrogens with two attached hydrogens (primary N) is 1. The van der Waals surface area contributed by atoms with Crippen molar-refractivity contribution in [3.05, 3.63) is 39.9 Å². The van der Waals surface area contributed by atoms with Crippen LogP contribution in [-0.2, 0) is 11.2 Å². The molecule has 1 rings (SSSR count). The van der Waals surface area contributed by atoms with Crippen LogP contribution in [0.15, 0.2) is 24.3 Å². The molecule has 0 heterocycles. The molecule has 0 unspecified atom stereocenters. The molecule has 0 spiro atoms. The molecule has 0 radical (unpaired) electrons. The highest BCUT2D eigenvalue weighted by atomic mass is 16.6. The summed E-state index contributed by atoms with van der Waals surface area (Å²) in [5.41, 5.74) is 6.04. The van der Waals surface area contributed by atoms with Crippen LogP contribution in [0.25, 0.3) is 0 Å². The third-order valence-corrected chi connectivity index (χ3v) is 2.18. The van der Waals surface area contributed by atoms with Crippen molar-refractivity contribution in [3.63, 3.8) is 0 Å². The van der Waals surface area contributed by atoms with Gasteiger partial charge >= 0.3 is 5.97 Å². The predicted molar refractivity (Wildman–Crippen MR) is 57.0 cm³/mol. The first-order chi connectivity index (χ1) is 7.50. The first-order valence-electron chi connectivity index (χ1n) is 4.72. The maximum Gasteiger partial charge on any atom is 0.320 e. The fourth-order valence-electron chi connectivity index (χ4n) is 1.27. The van der Waals surface area contributed by atoms with Crippen LogP contribution in [0, 0.1) is 10.1 Å². The van der Waals surface area contributed by atoms with Gasteiger partial charge in [-0.25, -0.2) is 0 Å². The van der Waals surface area contributed by atoms with E-state index >= 15 is 0 Å². The fourth-order valence-corrected chi connectivity index (χ4v) is 1.27. The minimum Gasteiger partial charge on any atom is -0.480 e. The van der Waals surface area contributed by atoms with E-state index in [9.17, 15) is 14.9 Å². The molecule has 1 atom stereocenters. The number of rotatable bonds is 5. The lowest BCUT2D eigenvalue weighted by atomic mass is 10.1. The van der Waals surface area contributed by atoms with E-state index in [4.69, 9.17) is 10.8 Å². The first kappa shape index (κ1) is 12.1. The Morgan fingerprint density at radius 3 is 2.81 bits per heavy atom. The van der Waals surface area contributed by atoms with Gasteiger partial charge in [0.15, 0.2) is 0 Å². The van der Waals surface area contributed by atoms with Crippen LogP contribution in [0.5, 0.6) is 0 Å². The quantitative estimate of drug-likeness (QED) is 0.571. The van der Waals surface area contributed by atoms with Gasteiger partial charge in [-0.1, -0.05) is 12.1 Å². The van der Waals surface area contributed by atoms with E-state index in [0.717, 1.165) is 0 Å². The lowest BCUT2D eigenvalue weighted by Gasteiger charge is -2.05. The van der Waals surface area contributed by atoms with E-state index in [-0.39, 0.29) is 12.1 Å². The van der Waals surface area contributed by atoms with Crippen molar-refractivity contribution in [3.8, 4) is 0 Å². The Morgan fingerprint density at radius 1 is 1.56 bits per heavy atom. The van der Waals surface area contributed by atoms with Crippen LogP contribution in [0.4, 0.5) is 5.69 Å². The van der Waals surface area contributed by atoms with Crippen molar-refractivity contribution >= 4 is 11.7 Å². The number of hydrogen-bond acceptors (Lipinski definition) is 4. The number of aliphatic carboxylic acids is 1. The standard InChI is InChI=1S/C10H12N2O4/c11-9(10(13)14)5-4-7-2-1-3-8(6-7)12(15)16/h1-3,6,9H,4-5,11H2,(H,13,14)/t9-/m1/s1. The number of carboxylic acids is 1. The topological polar surface area (TPSA) is 106 Å². The molecule has 6 nitrogen and oxygen atoms in total.